The second-order valence-corrected chi connectivity index (χ2v) is 8.28. The van der Waals surface area contributed by atoms with Gasteiger partial charge in [-0.2, -0.15) is 0 Å². The van der Waals surface area contributed by atoms with Gasteiger partial charge in [-0.3, -0.25) is 0 Å². The van der Waals surface area contributed by atoms with Crippen LogP contribution in [0, 0.1) is 0 Å². The number of anilines is 3. The Balaban J connectivity index is 1.75. The second kappa shape index (κ2) is 8.54. The van der Waals surface area contributed by atoms with Gasteiger partial charge in [0.05, 0.1) is 5.56 Å². The summed E-state index contributed by atoms with van der Waals surface area (Å²) in [6.45, 7) is 0. The van der Waals surface area contributed by atoms with Crippen molar-refractivity contribution in [3.63, 3.8) is 0 Å². The third-order valence-electron chi connectivity index (χ3n) is 5.08. The van der Waals surface area contributed by atoms with Crippen LogP contribution < -0.4 is 9.47 Å². The number of nitrogens with zero attached hydrogens (tertiary/aromatic N) is 3. The highest BCUT2D eigenvalue weighted by atomic mass is 32.1. The molecule has 0 radical (unpaired) electrons. The average Bonchev–Trinajstić information content (AvgIpc) is 3.26. The molecule has 0 saturated carbocycles. The maximum atomic E-state index is 5.13. The Labute approximate surface area is 186 Å². The van der Waals surface area contributed by atoms with E-state index in [1.165, 1.54) is 0 Å². The van der Waals surface area contributed by atoms with Crippen molar-refractivity contribution in [2.75, 3.05) is 4.90 Å². The standard InChI is InChI=1S/C27H22N3S/c1-29-19-11-14-22(20-29)26-28-25(21-12-5-2-6-13-21)27(31-26)30(23-15-7-3-8-16-23)24-17-9-4-10-18-24/h2-20H,1H3/q+1. The number of para-hydroxylation sites is 2. The summed E-state index contributed by atoms with van der Waals surface area (Å²) < 4.78 is 2.06. The Morgan fingerprint density at radius 2 is 1.23 bits per heavy atom. The van der Waals surface area contributed by atoms with Gasteiger partial charge in [0.25, 0.3) is 0 Å². The Bertz CT molecular complexity index is 1240. The fourth-order valence-electron chi connectivity index (χ4n) is 3.62. The largest absolute Gasteiger partial charge is 0.300 e. The van der Waals surface area contributed by atoms with Gasteiger partial charge in [-0.1, -0.05) is 78.1 Å². The van der Waals surface area contributed by atoms with E-state index in [1.807, 2.05) is 31.4 Å². The van der Waals surface area contributed by atoms with Crippen molar-refractivity contribution in [1.82, 2.24) is 4.98 Å². The molecule has 0 unspecified atom stereocenters. The Morgan fingerprint density at radius 1 is 0.677 bits per heavy atom. The van der Waals surface area contributed by atoms with E-state index >= 15 is 0 Å². The number of hydrogen-bond donors (Lipinski definition) is 0. The Hall–Kier alpha value is -3.76. The smallest absolute Gasteiger partial charge is 0.178 e. The van der Waals surface area contributed by atoms with Crippen LogP contribution in [0.25, 0.3) is 21.8 Å². The number of thiazole rings is 1. The highest BCUT2D eigenvalue weighted by molar-refractivity contribution is 7.19. The number of benzene rings is 3. The SMILES string of the molecule is C[n+]1cccc(-c2nc(-c3ccccc3)c(N(c3ccccc3)c3ccccc3)s2)c1. The van der Waals surface area contributed by atoms with Crippen LogP contribution in [-0.4, -0.2) is 4.98 Å². The van der Waals surface area contributed by atoms with Crippen LogP contribution in [0.15, 0.2) is 116 Å². The molecule has 31 heavy (non-hydrogen) atoms. The number of aromatic nitrogens is 2. The zero-order valence-electron chi connectivity index (χ0n) is 17.2. The number of rotatable bonds is 5. The van der Waals surface area contributed by atoms with Gasteiger partial charge in [0, 0.05) is 23.0 Å². The van der Waals surface area contributed by atoms with Crippen molar-refractivity contribution in [1.29, 1.82) is 0 Å². The third kappa shape index (κ3) is 3.98. The molecule has 0 N–H and O–H groups in total. The van der Waals surface area contributed by atoms with E-state index in [0.717, 1.165) is 38.2 Å². The van der Waals surface area contributed by atoms with Crippen molar-refractivity contribution in [3.05, 3.63) is 116 Å². The van der Waals surface area contributed by atoms with E-state index in [1.54, 1.807) is 11.3 Å². The molecule has 0 aliphatic heterocycles. The zero-order valence-corrected chi connectivity index (χ0v) is 18.0. The van der Waals surface area contributed by atoms with E-state index in [-0.39, 0.29) is 0 Å². The number of aryl methyl sites for hydroxylation is 1. The van der Waals surface area contributed by atoms with Crippen LogP contribution in [-0.2, 0) is 7.05 Å². The predicted octanol–water partition coefficient (Wildman–Crippen LogP) is 6.77. The van der Waals surface area contributed by atoms with Crippen LogP contribution >= 0.6 is 11.3 Å². The highest BCUT2D eigenvalue weighted by Gasteiger charge is 2.23. The molecule has 3 aromatic carbocycles. The fourth-order valence-corrected chi connectivity index (χ4v) is 4.74. The molecule has 0 atom stereocenters. The molecule has 0 fully saturated rings. The maximum Gasteiger partial charge on any atom is 0.178 e. The second-order valence-electron chi connectivity index (χ2n) is 7.30. The highest BCUT2D eigenvalue weighted by Crippen LogP contribution is 2.46. The zero-order chi connectivity index (χ0) is 21.0. The summed E-state index contributed by atoms with van der Waals surface area (Å²) in [5.74, 6) is 0. The molecule has 5 rings (SSSR count). The molecule has 0 aliphatic rings. The van der Waals surface area contributed by atoms with Gasteiger partial charge in [-0.15, -0.1) is 0 Å². The maximum absolute atomic E-state index is 5.13. The van der Waals surface area contributed by atoms with Crippen LogP contribution in [0.1, 0.15) is 0 Å². The number of hydrogen-bond acceptors (Lipinski definition) is 3. The molecule has 5 aromatic rings. The summed E-state index contributed by atoms with van der Waals surface area (Å²) in [5, 5.41) is 2.10. The minimum absolute atomic E-state index is 0.986. The van der Waals surface area contributed by atoms with Gasteiger partial charge < -0.3 is 4.90 Å². The van der Waals surface area contributed by atoms with E-state index < -0.39 is 0 Å². The van der Waals surface area contributed by atoms with E-state index in [0.29, 0.717) is 0 Å². The lowest BCUT2D eigenvalue weighted by Gasteiger charge is -2.24. The molecule has 0 bridgehead atoms. The normalized spacial score (nSPS) is 10.7. The Morgan fingerprint density at radius 3 is 1.81 bits per heavy atom. The molecule has 4 heteroatoms. The summed E-state index contributed by atoms with van der Waals surface area (Å²) in [6, 6.07) is 35.6. The lowest BCUT2D eigenvalue weighted by atomic mass is 10.1. The van der Waals surface area contributed by atoms with Gasteiger partial charge in [0.2, 0.25) is 0 Å². The van der Waals surface area contributed by atoms with Crippen molar-refractivity contribution in [3.8, 4) is 21.8 Å². The first-order valence-electron chi connectivity index (χ1n) is 10.2. The van der Waals surface area contributed by atoms with Crippen LogP contribution in [0.4, 0.5) is 16.4 Å². The van der Waals surface area contributed by atoms with Crippen molar-refractivity contribution < 1.29 is 4.57 Å². The molecular formula is C27H22N3S+. The first-order valence-corrected chi connectivity index (χ1v) is 11.0. The van der Waals surface area contributed by atoms with E-state index in [9.17, 15) is 0 Å². The van der Waals surface area contributed by atoms with E-state index in [2.05, 4.69) is 101 Å². The molecule has 2 aromatic heterocycles. The molecular weight excluding hydrogens is 398 g/mol. The fraction of sp³-hybridized carbons (Fsp3) is 0.0370. The van der Waals surface area contributed by atoms with Gasteiger partial charge in [-0.05, 0) is 30.3 Å². The summed E-state index contributed by atoms with van der Waals surface area (Å²) in [4.78, 5) is 7.43. The van der Waals surface area contributed by atoms with Crippen molar-refractivity contribution in [2.24, 2.45) is 7.05 Å². The molecule has 150 valence electrons. The summed E-state index contributed by atoms with van der Waals surface area (Å²) in [5.41, 5.74) is 5.43. The summed E-state index contributed by atoms with van der Waals surface area (Å²) in [6.07, 6.45) is 4.16. The first kappa shape index (κ1) is 19.2. The van der Waals surface area contributed by atoms with Crippen molar-refractivity contribution >= 4 is 27.7 Å². The summed E-state index contributed by atoms with van der Waals surface area (Å²) in [7, 11) is 2.04. The van der Waals surface area contributed by atoms with Crippen LogP contribution in [0.5, 0.6) is 0 Å². The topological polar surface area (TPSA) is 20.0 Å². The minimum atomic E-state index is 0.986. The molecule has 0 aliphatic carbocycles. The number of pyridine rings is 1. The quantitative estimate of drug-likeness (QED) is 0.292. The van der Waals surface area contributed by atoms with Crippen LogP contribution in [0.2, 0.25) is 0 Å². The molecule has 0 spiro atoms. The van der Waals surface area contributed by atoms with Gasteiger partial charge >= 0.3 is 0 Å². The van der Waals surface area contributed by atoms with Gasteiger partial charge in [-0.25, -0.2) is 9.55 Å². The molecule has 0 saturated heterocycles. The van der Waals surface area contributed by atoms with Gasteiger partial charge in [0.1, 0.15) is 22.8 Å². The Kier molecular flexibility index (Phi) is 5.29. The monoisotopic (exact) mass is 420 g/mol. The average molecular weight is 421 g/mol. The predicted molar refractivity (Wildman–Crippen MR) is 129 cm³/mol. The van der Waals surface area contributed by atoms with Gasteiger partial charge in [0.15, 0.2) is 12.4 Å². The minimum Gasteiger partial charge on any atom is -0.300 e. The molecule has 2 heterocycles. The van der Waals surface area contributed by atoms with Crippen LogP contribution in [0.3, 0.4) is 0 Å². The summed E-state index contributed by atoms with van der Waals surface area (Å²) >= 11 is 1.72. The molecule has 3 nitrogen and oxygen atoms in total. The third-order valence-corrected chi connectivity index (χ3v) is 6.16. The lowest BCUT2D eigenvalue weighted by Crippen LogP contribution is -2.26. The first-order chi connectivity index (χ1) is 15.3. The molecule has 0 amide bonds. The van der Waals surface area contributed by atoms with Crippen molar-refractivity contribution in [2.45, 2.75) is 0 Å². The lowest BCUT2D eigenvalue weighted by molar-refractivity contribution is -0.671. The van der Waals surface area contributed by atoms with E-state index in [4.69, 9.17) is 4.98 Å².